The van der Waals surface area contributed by atoms with Crippen LogP contribution in [0, 0.1) is 6.42 Å². The van der Waals surface area contributed by atoms with Gasteiger partial charge >= 0.3 is 0 Å². The molecule has 2 nitrogen and oxygen atoms in total. The van der Waals surface area contributed by atoms with Gasteiger partial charge in [-0.3, -0.25) is 0 Å². The smallest absolute Gasteiger partial charge is 0.0106 e. The van der Waals surface area contributed by atoms with E-state index in [9.17, 15) is 0 Å². The molecule has 0 aromatic carbocycles. The predicted octanol–water partition coefficient (Wildman–Crippen LogP) is -0.138. The Morgan fingerprint density at radius 2 is 2.09 bits per heavy atom. The van der Waals surface area contributed by atoms with Crippen molar-refractivity contribution in [1.82, 2.24) is 10.2 Å². The molecule has 64 valence electrons. The van der Waals surface area contributed by atoms with Crippen molar-refractivity contribution < 1.29 is 42.1 Å². The predicted molar refractivity (Wildman–Crippen MR) is 37.1 cm³/mol. The minimum atomic E-state index is 0. The molecular formula is C7H13N2W2-. The van der Waals surface area contributed by atoms with Gasteiger partial charge in [0.05, 0.1) is 0 Å². The number of rotatable bonds is 0. The first-order valence-corrected chi connectivity index (χ1v) is 3.62. The number of nitrogens with zero attached hydrogens (tertiary/aromatic N) is 1. The van der Waals surface area contributed by atoms with Gasteiger partial charge in [-0.1, -0.05) is 0 Å². The van der Waals surface area contributed by atoms with Gasteiger partial charge < -0.3 is 16.6 Å². The molecule has 2 fully saturated rings. The third-order valence-electron chi connectivity index (χ3n) is 2.20. The molecule has 0 radical (unpaired) electrons. The normalized spacial score (nSPS) is 35.7. The van der Waals surface area contributed by atoms with Crippen molar-refractivity contribution in [3.63, 3.8) is 0 Å². The van der Waals surface area contributed by atoms with Gasteiger partial charge in [0.25, 0.3) is 0 Å². The molecule has 0 aromatic rings. The molecule has 1 N–H and O–H groups in total. The molecule has 2 aliphatic rings. The Kier molecular flexibility index (Phi) is 5.72. The Morgan fingerprint density at radius 1 is 1.36 bits per heavy atom. The van der Waals surface area contributed by atoms with Crippen molar-refractivity contribution in [2.75, 3.05) is 20.1 Å². The van der Waals surface area contributed by atoms with Crippen LogP contribution in [0.25, 0.3) is 0 Å². The summed E-state index contributed by atoms with van der Waals surface area (Å²) in [6.45, 7) is 2.43. The molecule has 2 unspecified atom stereocenters. The van der Waals surface area contributed by atoms with E-state index < -0.39 is 0 Å². The van der Waals surface area contributed by atoms with Gasteiger partial charge in [-0.05, 0) is 19.6 Å². The van der Waals surface area contributed by atoms with E-state index in [2.05, 4.69) is 23.7 Å². The van der Waals surface area contributed by atoms with Crippen LogP contribution in [0.1, 0.15) is 6.42 Å². The molecule has 0 aromatic heterocycles. The van der Waals surface area contributed by atoms with E-state index in [1.807, 2.05) is 0 Å². The Labute approximate surface area is 97.0 Å². The first-order valence-electron chi connectivity index (χ1n) is 3.62. The van der Waals surface area contributed by atoms with Crippen molar-refractivity contribution >= 4 is 0 Å². The van der Waals surface area contributed by atoms with E-state index in [0.717, 1.165) is 6.04 Å². The summed E-state index contributed by atoms with van der Waals surface area (Å²) in [5, 5.41) is 3.52. The van der Waals surface area contributed by atoms with Gasteiger partial charge in [-0.2, -0.15) is 6.42 Å². The quantitative estimate of drug-likeness (QED) is 0.474. The Morgan fingerprint density at radius 3 is 2.73 bits per heavy atom. The van der Waals surface area contributed by atoms with Gasteiger partial charge in [0.2, 0.25) is 0 Å². The van der Waals surface area contributed by atoms with Gasteiger partial charge in [-0.15, -0.1) is 6.04 Å². The summed E-state index contributed by atoms with van der Waals surface area (Å²) < 4.78 is 0. The largest absolute Gasteiger partial charge is 0.340 e. The second kappa shape index (κ2) is 5.12. The maximum atomic E-state index is 3.52. The van der Waals surface area contributed by atoms with Crippen molar-refractivity contribution in [2.45, 2.75) is 18.5 Å². The summed E-state index contributed by atoms with van der Waals surface area (Å²) in [6, 6.07) is 1.45. The molecular weight excluding hydrogens is 480 g/mol. The van der Waals surface area contributed by atoms with Crippen LogP contribution in [-0.4, -0.2) is 37.1 Å². The van der Waals surface area contributed by atoms with Crippen LogP contribution < -0.4 is 5.32 Å². The van der Waals surface area contributed by atoms with Crippen molar-refractivity contribution in [3.05, 3.63) is 6.42 Å². The second-order valence-electron chi connectivity index (χ2n) is 3.16. The van der Waals surface area contributed by atoms with E-state index in [4.69, 9.17) is 0 Å². The molecule has 4 heteroatoms. The SMILES string of the molecule is CN1CC2[CH-]CC(C1)N2.[W].[W]. The van der Waals surface area contributed by atoms with E-state index in [0.29, 0.717) is 6.04 Å². The molecule has 0 amide bonds. The van der Waals surface area contributed by atoms with Gasteiger partial charge in [0.1, 0.15) is 0 Å². The summed E-state index contributed by atoms with van der Waals surface area (Å²) in [7, 11) is 2.19. The molecule has 2 rings (SSSR count). The Hall–Kier alpha value is 1.30. The number of hydrogen-bond acceptors (Lipinski definition) is 2. The number of piperazine rings is 1. The minimum absolute atomic E-state index is 0. The van der Waals surface area contributed by atoms with Crippen LogP contribution in [0.4, 0.5) is 0 Å². The van der Waals surface area contributed by atoms with E-state index >= 15 is 0 Å². The van der Waals surface area contributed by atoms with E-state index in [1.165, 1.54) is 19.5 Å². The van der Waals surface area contributed by atoms with Crippen molar-refractivity contribution in [3.8, 4) is 0 Å². The molecule has 2 atom stereocenters. The average Bonchev–Trinajstić information content (AvgIpc) is 2.11. The molecule has 2 saturated heterocycles. The fourth-order valence-corrected chi connectivity index (χ4v) is 1.81. The molecule has 0 aliphatic carbocycles. The summed E-state index contributed by atoms with van der Waals surface area (Å²) in [5.41, 5.74) is 0. The maximum absolute atomic E-state index is 3.52. The molecule has 11 heavy (non-hydrogen) atoms. The zero-order valence-corrected chi connectivity index (χ0v) is 12.5. The number of nitrogens with one attached hydrogen (secondary N) is 1. The van der Waals surface area contributed by atoms with E-state index in [-0.39, 0.29) is 42.1 Å². The zero-order chi connectivity index (χ0) is 6.27. The Bertz CT molecular complexity index is 109. The Balaban J connectivity index is 0.000000500. The molecule has 2 bridgehead atoms. The number of fused-ring (bicyclic) bond motifs is 2. The van der Waals surface area contributed by atoms with Crippen LogP contribution in [0.2, 0.25) is 0 Å². The molecule has 2 aliphatic heterocycles. The van der Waals surface area contributed by atoms with Crippen molar-refractivity contribution in [2.24, 2.45) is 0 Å². The van der Waals surface area contributed by atoms with Crippen molar-refractivity contribution in [1.29, 1.82) is 0 Å². The number of hydrogen-bond donors (Lipinski definition) is 1. The molecule has 2 heterocycles. The van der Waals surface area contributed by atoms with Crippen LogP contribution in [0.15, 0.2) is 0 Å². The maximum Gasteiger partial charge on any atom is 0.0106 e. The summed E-state index contributed by atoms with van der Waals surface area (Å²) in [5.74, 6) is 0. The third-order valence-corrected chi connectivity index (χ3v) is 2.20. The van der Waals surface area contributed by atoms with Gasteiger partial charge in [0, 0.05) is 48.7 Å². The topological polar surface area (TPSA) is 15.3 Å². The minimum Gasteiger partial charge on any atom is -0.340 e. The van der Waals surface area contributed by atoms with Crippen LogP contribution in [0.5, 0.6) is 0 Å². The zero-order valence-electron chi connectivity index (χ0n) is 6.62. The summed E-state index contributed by atoms with van der Waals surface area (Å²) in [4.78, 5) is 2.40. The average molecular weight is 493 g/mol. The molecule has 0 spiro atoms. The first-order chi connectivity index (χ1) is 4.34. The summed E-state index contributed by atoms with van der Waals surface area (Å²) in [6.07, 6.45) is 3.67. The molecule has 0 saturated carbocycles. The first kappa shape index (κ1) is 12.3. The standard InChI is InChI=1S/C7H13N2.2W/c1-9-4-6-2-3-7(5-9)8-6;;/h2,6-8H,3-5H2,1H3;;/q-1;;. The second-order valence-corrected chi connectivity index (χ2v) is 3.16. The van der Waals surface area contributed by atoms with Gasteiger partial charge in [-0.25, -0.2) is 0 Å². The fourth-order valence-electron chi connectivity index (χ4n) is 1.81. The number of likely N-dealkylation sites (N-methyl/N-ethyl adjacent to an activating group) is 1. The van der Waals surface area contributed by atoms with E-state index in [1.54, 1.807) is 0 Å². The fraction of sp³-hybridized carbons (Fsp3) is 0.857. The van der Waals surface area contributed by atoms with Crippen LogP contribution >= 0.6 is 0 Å². The van der Waals surface area contributed by atoms with Crippen LogP contribution in [-0.2, 0) is 42.1 Å². The third kappa shape index (κ3) is 2.92. The summed E-state index contributed by atoms with van der Waals surface area (Å²) >= 11 is 0. The van der Waals surface area contributed by atoms with Gasteiger partial charge in [0.15, 0.2) is 0 Å². The monoisotopic (exact) mass is 493 g/mol. The number of likely N-dealkylation sites (tertiary alicyclic amines) is 1. The van der Waals surface area contributed by atoms with Crippen LogP contribution in [0.3, 0.4) is 0 Å².